The van der Waals surface area contributed by atoms with Gasteiger partial charge in [0.25, 0.3) is 5.76 Å². The molecule has 0 aromatic rings. The summed E-state index contributed by atoms with van der Waals surface area (Å²) in [5, 5.41) is 8.62. The fourth-order valence-corrected chi connectivity index (χ4v) is 2.72. The molecule has 3 heteroatoms. The maximum atomic E-state index is 10.5. The van der Waals surface area contributed by atoms with E-state index >= 15 is 0 Å². The first-order valence-corrected chi connectivity index (χ1v) is 9.91. The van der Waals surface area contributed by atoms with Gasteiger partial charge in [0.15, 0.2) is 5.76 Å². The third kappa shape index (κ3) is 12.3. The van der Waals surface area contributed by atoms with Crippen LogP contribution in [-0.2, 0) is 9.53 Å². The molecule has 0 saturated carbocycles. The molecule has 0 amide bonds. The first-order chi connectivity index (χ1) is 12.3. The number of aliphatic carboxylic acids is 1. The normalized spacial score (nSPS) is 14.1. The SMILES string of the molecule is CCCCCCCCCCCCCC=CC=CC=CC1=C(C(=O)O)O1. The summed E-state index contributed by atoms with van der Waals surface area (Å²) < 4.78 is 4.80. The highest BCUT2D eigenvalue weighted by molar-refractivity contribution is 5.89. The van der Waals surface area contributed by atoms with Gasteiger partial charge in [0, 0.05) is 0 Å². The van der Waals surface area contributed by atoms with Crippen LogP contribution in [0.4, 0.5) is 0 Å². The molecule has 0 bridgehead atoms. The van der Waals surface area contributed by atoms with Gasteiger partial charge in [-0.15, -0.1) is 0 Å². The van der Waals surface area contributed by atoms with E-state index in [0.717, 1.165) is 6.42 Å². The maximum absolute atomic E-state index is 10.5. The Balaban J connectivity index is 1.85. The van der Waals surface area contributed by atoms with Crippen LogP contribution >= 0.6 is 0 Å². The number of carbonyl (C=O) groups is 1. The van der Waals surface area contributed by atoms with E-state index in [1.165, 1.54) is 70.6 Å². The zero-order valence-electron chi connectivity index (χ0n) is 15.7. The number of carboxylic acid groups (broad SMARTS) is 1. The second-order valence-corrected chi connectivity index (χ2v) is 6.60. The average Bonchev–Trinajstić information content (AvgIpc) is 3.37. The van der Waals surface area contributed by atoms with Gasteiger partial charge in [-0.3, -0.25) is 0 Å². The van der Waals surface area contributed by atoms with Crippen LogP contribution < -0.4 is 0 Å². The van der Waals surface area contributed by atoms with E-state index in [2.05, 4.69) is 13.0 Å². The van der Waals surface area contributed by atoms with Gasteiger partial charge in [-0.25, -0.2) is 4.79 Å². The molecule has 25 heavy (non-hydrogen) atoms. The smallest absolute Gasteiger partial charge is 0.375 e. The Bertz CT molecular complexity index is 484. The summed E-state index contributed by atoms with van der Waals surface area (Å²) in [4.78, 5) is 10.5. The minimum Gasteiger partial charge on any atom is -0.475 e. The quantitative estimate of drug-likeness (QED) is 0.250. The van der Waals surface area contributed by atoms with E-state index < -0.39 is 5.97 Å². The van der Waals surface area contributed by atoms with Crippen molar-refractivity contribution in [1.29, 1.82) is 0 Å². The van der Waals surface area contributed by atoms with Crippen molar-refractivity contribution in [3.63, 3.8) is 0 Å². The van der Waals surface area contributed by atoms with Gasteiger partial charge < -0.3 is 9.84 Å². The lowest BCUT2D eigenvalue weighted by Gasteiger charge is -2.01. The lowest BCUT2D eigenvalue weighted by molar-refractivity contribution is -0.133. The lowest BCUT2D eigenvalue weighted by Crippen LogP contribution is -1.88. The number of unbranched alkanes of at least 4 members (excludes halogenated alkanes) is 11. The van der Waals surface area contributed by atoms with Crippen LogP contribution in [0.25, 0.3) is 0 Å². The fourth-order valence-electron chi connectivity index (χ4n) is 2.72. The van der Waals surface area contributed by atoms with Crippen molar-refractivity contribution < 1.29 is 14.6 Å². The Labute approximate surface area is 153 Å². The predicted octanol–water partition coefficient (Wildman–Crippen LogP) is 6.68. The van der Waals surface area contributed by atoms with E-state index in [0.29, 0.717) is 5.76 Å². The van der Waals surface area contributed by atoms with Gasteiger partial charge in [0.1, 0.15) is 0 Å². The van der Waals surface area contributed by atoms with Gasteiger partial charge in [-0.1, -0.05) is 102 Å². The van der Waals surface area contributed by atoms with Crippen molar-refractivity contribution in [2.45, 2.75) is 84.0 Å². The fraction of sp³-hybridized carbons (Fsp3) is 0.591. The molecule has 0 aliphatic carbocycles. The van der Waals surface area contributed by atoms with Crippen molar-refractivity contribution >= 4 is 5.97 Å². The molecule has 0 unspecified atom stereocenters. The van der Waals surface area contributed by atoms with E-state index in [1.54, 1.807) is 12.2 Å². The van der Waals surface area contributed by atoms with Crippen molar-refractivity contribution in [3.05, 3.63) is 48.0 Å². The highest BCUT2D eigenvalue weighted by atomic mass is 16.6. The summed E-state index contributed by atoms with van der Waals surface area (Å²) in [5.41, 5.74) is 0. The molecule has 140 valence electrons. The van der Waals surface area contributed by atoms with Crippen molar-refractivity contribution in [2.75, 3.05) is 0 Å². The number of rotatable bonds is 16. The van der Waals surface area contributed by atoms with E-state index in [1.807, 2.05) is 18.2 Å². The molecule has 1 aliphatic heterocycles. The molecule has 0 aromatic carbocycles. The maximum Gasteiger partial charge on any atom is 0.375 e. The van der Waals surface area contributed by atoms with Crippen LogP contribution in [0, 0.1) is 0 Å². The molecule has 0 radical (unpaired) electrons. The molecule has 1 heterocycles. The van der Waals surface area contributed by atoms with Crippen LogP contribution in [-0.4, -0.2) is 11.1 Å². The second kappa shape index (κ2) is 14.6. The Kier molecular flexibility index (Phi) is 12.4. The summed E-state index contributed by atoms with van der Waals surface area (Å²) in [6.45, 7) is 2.27. The van der Waals surface area contributed by atoms with Crippen LogP contribution in [0.15, 0.2) is 48.0 Å². The number of hydrogen-bond donors (Lipinski definition) is 1. The minimum atomic E-state index is -1.00. The number of ether oxygens (including phenoxy) is 1. The summed E-state index contributed by atoms with van der Waals surface area (Å²) in [5.74, 6) is -0.505. The van der Waals surface area contributed by atoms with Gasteiger partial charge in [-0.05, 0) is 18.9 Å². The van der Waals surface area contributed by atoms with Crippen LogP contribution in [0.3, 0.4) is 0 Å². The summed E-state index contributed by atoms with van der Waals surface area (Å²) >= 11 is 0. The number of allylic oxidation sites excluding steroid dienone is 6. The Morgan fingerprint density at radius 1 is 0.840 bits per heavy atom. The summed E-state index contributed by atoms with van der Waals surface area (Å²) in [7, 11) is 0. The molecule has 0 aromatic heterocycles. The van der Waals surface area contributed by atoms with Crippen LogP contribution in [0.5, 0.6) is 0 Å². The second-order valence-electron chi connectivity index (χ2n) is 6.60. The summed E-state index contributed by atoms with van der Waals surface area (Å²) in [6.07, 6.45) is 27.8. The largest absolute Gasteiger partial charge is 0.475 e. The zero-order chi connectivity index (χ0) is 18.2. The van der Waals surface area contributed by atoms with Gasteiger partial charge >= 0.3 is 5.97 Å². The van der Waals surface area contributed by atoms with E-state index in [-0.39, 0.29) is 5.76 Å². The molecular weight excluding hydrogens is 312 g/mol. The molecule has 1 N–H and O–H groups in total. The standard InChI is InChI=1S/C22H34O3/c1-2-3-4-5-6-7-8-9-10-11-12-13-14-15-16-17-18-19-20-21(25-20)22(23)24/h14-19H,2-13H2,1H3,(H,23,24). The monoisotopic (exact) mass is 346 g/mol. The van der Waals surface area contributed by atoms with E-state index in [4.69, 9.17) is 9.84 Å². The molecule has 0 fully saturated rings. The molecular formula is C22H34O3. The Hall–Kier alpha value is -1.77. The van der Waals surface area contributed by atoms with Gasteiger partial charge in [0.05, 0.1) is 0 Å². The van der Waals surface area contributed by atoms with Crippen molar-refractivity contribution in [2.24, 2.45) is 0 Å². The van der Waals surface area contributed by atoms with Crippen molar-refractivity contribution in [3.8, 4) is 0 Å². The molecule has 1 aliphatic rings. The topological polar surface area (TPSA) is 49.8 Å². The lowest BCUT2D eigenvalue weighted by atomic mass is 10.1. The minimum absolute atomic E-state index is 0.0525. The molecule has 3 nitrogen and oxygen atoms in total. The third-order valence-electron chi connectivity index (χ3n) is 4.28. The molecule has 0 saturated heterocycles. The van der Waals surface area contributed by atoms with Gasteiger partial charge in [0.2, 0.25) is 0 Å². The summed E-state index contributed by atoms with van der Waals surface area (Å²) in [6, 6.07) is 0. The van der Waals surface area contributed by atoms with Crippen LogP contribution in [0.1, 0.15) is 84.0 Å². The first kappa shape index (κ1) is 21.3. The molecule has 0 spiro atoms. The zero-order valence-corrected chi connectivity index (χ0v) is 15.7. The highest BCUT2D eigenvalue weighted by Crippen LogP contribution is 2.26. The predicted molar refractivity (Wildman–Crippen MR) is 104 cm³/mol. The van der Waals surface area contributed by atoms with Crippen molar-refractivity contribution in [1.82, 2.24) is 0 Å². The average molecular weight is 347 g/mol. The highest BCUT2D eigenvalue weighted by Gasteiger charge is 2.29. The van der Waals surface area contributed by atoms with Gasteiger partial charge in [-0.2, -0.15) is 0 Å². The van der Waals surface area contributed by atoms with Crippen LogP contribution in [0.2, 0.25) is 0 Å². The number of hydrogen-bond acceptors (Lipinski definition) is 2. The Morgan fingerprint density at radius 2 is 1.40 bits per heavy atom. The first-order valence-electron chi connectivity index (χ1n) is 9.91. The third-order valence-corrected chi connectivity index (χ3v) is 4.28. The Morgan fingerprint density at radius 3 is 1.96 bits per heavy atom. The molecule has 1 rings (SSSR count). The van der Waals surface area contributed by atoms with E-state index in [9.17, 15) is 4.79 Å². The molecule has 0 atom stereocenters. The number of carboxylic acids is 1.